The van der Waals surface area contributed by atoms with Gasteiger partial charge in [-0.3, -0.25) is 0 Å². The molecule has 19 heavy (non-hydrogen) atoms. The number of nitrogens with one attached hydrogen (secondary N) is 1. The van der Waals surface area contributed by atoms with Gasteiger partial charge in [-0.1, -0.05) is 12.1 Å². The maximum Gasteiger partial charge on any atom is 0.123 e. The fraction of sp³-hybridized carbons (Fsp3) is 0.429. The molecule has 0 fully saturated rings. The highest BCUT2D eigenvalue weighted by atomic mass is 16.5. The number of hydrogen-bond acceptors (Lipinski definition) is 4. The topological polar surface area (TPSA) is 52.0 Å². The number of aryl methyl sites for hydroxylation is 1. The van der Waals surface area contributed by atoms with E-state index >= 15 is 0 Å². The number of ether oxygens (including phenoxy) is 1. The van der Waals surface area contributed by atoms with E-state index < -0.39 is 0 Å². The van der Waals surface area contributed by atoms with Gasteiger partial charge in [0.2, 0.25) is 0 Å². The van der Waals surface area contributed by atoms with Crippen LogP contribution in [-0.2, 0) is 13.6 Å². The summed E-state index contributed by atoms with van der Waals surface area (Å²) in [7, 11) is 3.59. The molecule has 0 unspecified atom stereocenters. The number of benzene rings is 1. The molecule has 0 bridgehead atoms. The molecule has 1 heterocycles. The van der Waals surface area contributed by atoms with Crippen LogP contribution in [0.1, 0.15) is 18.9 Å². The Morgan fingerprint density at radius 3 is 2.84 bits per heavy atom. The van der Waals surface area contributed by atoms with Crippen LogP contribution in [0.15, 0.2) is 24.4 Å². The maximum absolute atomic E-state index is 5.40. The summed E-state index contributed by atoms with van der Waals surface area (Å²) in [6.07, 6.45) is 2.89. The first-order valence-electron chi connectivity index (χ1n) is 6.49. The Bertz CT molecular complexity index is 536. The lowest BCUT2D eigenvalue weighted by Crippen LogP contribution is -2.14. The molecule has 5 nitrogen and oxygen atoms in total. The highest BCUT2D eigenvalue weighted by Gasteiger charge is 2.08. The zero-order chi connectivity index (χ0) is 13.7. The Morgan fingerprint density at radius 1 is 1.37 bits per heavy atom. The molecule has 0 atom stereocenters. The predicted molar refractivity (Wildman–Crippen MR) is 75.0 cm³/mol. The zero-order valence-corrected chi connectivity index (χ0v) is 11.7. The summed E-state index contributed by atoms with van der Waals surface area (Å²) in [6.45, 7) is 3.96. The third kappa shape index (κ3) is 3.12. The van der Waals surface area contributed by atoms with Gasteiger partial charge in [0.05, 0.1) is 19.0 Å². The average Bonchev–Trinajstić information content (AvgIpc) is 2.85. The van der Waals surface area contributed by atoms with E-state index in [2.05, 4.69) is 28.6 Å². The van der Waals surface area contributed by atoms with Gasteiger partial charge in [0.15, 0.2) is 0 Å². The van der Waals surface area contributed by atoms with Crippen molar-refractivity contribution in [2.45, 2.75) is 19.9 Å². The fourth-order valence-electron chi connectivity index (χ4n) is 2.03. The van der Waals surface area contributed by atoms with Crippen LogP contribution in [0, 0.1) is 0 Å². The summed E-state index contributed by atoms with van der Waals surface area (Å²) in [5.74, 6) is 0.905. The third-order valence-corrected chi connectivity index (χ3v) is 3.03. The first-order chi connectivity index (χ1) is 9.26. The molecule has 0 saturated heterocycles. The van der Waals surface area contributed by atoms with E-state index in [-0.39, 0.29) is 0 Å². The van der Waals surface area contributed by atoms with Crippen molar-refractivity contribution in [2.24, 2.45) is 7.05 Å². The minimum Gasteiger partial charge on any atom is -0.496 e. The van der Waals surface area contributed by atoms with Crippen LogP contribution in [-0.4, -0.2) is 28.6 Å². The lowest BCUT2D eigenvalue weighted by molar-refractivity contribution is 0.408. The van der Waals surface area contributed by atoms with Gasteiger partial charge in [-0.05, 0) is 31.2 Å². The molecular weight excluding hydrogens is 240 g/mol. The van der Waals surface area contributed by atoms with E-state index in [1.807, 2.05) is 19.2 Å². The van der Waals surface area contributed by atoms with Crippen molar-refractivity contribution >= 4 is 0 Å². The van der Waals surface area contributed by atoms with Crippen LogP contribution in [0.3, 0.4) is 0 Å². The zero-order valence-electron chi connectivity index (χ0n) is 11.7. The van der Waals surface area contributed by atoms with Crippen molar-refractivity contribution in [3.8, 4) is 17.0 Å². The summed E-state index contributed by atoms with van der Waals surface area (Å²) < 4.78 is 7.17. The van der Waals surface area contributed by atoms with E-state index in [9.17, 15) is 0 Å². The molecular formula is C14H20N4O. The molecule has 0 aliphatic rings. The predicted octanol–water partition coefficient (Wildman–Crippen LogP) is 1.99. The Morgan fingerprint density at radius 2 is 2.21 bits per heavy atom. The van der Waals surface area contributed by atoms with Crippen LogP contribution < -0.4 is 10.1 Å². The molecule has 0 amide bonds. The highest BCUT2D eigenvalue weighted by Crippen LogP contribution is 2.25. The molecule has 102 valence electrons. The molecule has 1 aromatic heterocycles. The van der Waals surface area contributed by atoms with Gasteiger partial charge in [0, 0.05) is 24.7 Å². The van der Waals surface area contributed by atoms with Crippen molar-refractivity contribution < 1.29 is 4.74 Å². The average molecular weight is 260 g/mol. The SMILES string of the molecule is CCCNCc1cc(-c2cnnn2C)ccc1OC. The maximum atomic E-state index is 5.40. The Hall–Kier alpha value is -1.88. The van der Waals surface area contributed by atoms with Crippen LogP contribution in [0.4, 0.5) is 0 Å². The first-order valence-corrected chi connectivity index (χ1v) is 6.49. The summed E-state index contributed by atoms with van der Waals surface area (Å²) in [5, 5.41) is 11.3. The molecule has 2 rings (SSSR count). The van der Waals surface area contributed by atoms with Crippen molar-refractivity contribution in [1.29, 1.82) is 0 Å². The molecule has 0 spiro atoms. The minimum absolute atomic E-state index is 0.802. The normalized spacial score (nSPS) is 10.7. The molecule has 0 aliphatic heterocycles. The molecule has 1 N–H and O–H groups in total. The van der Waals surface area contributed by atoms with E-state index in [1.54, 1.807) is 18.0 Å². The largest absolute Gasteiger partial charge is 0.496 e. The third-order valence-electron chi connectivity index (χ3n) is 3.03. The summed E-state index contributed by atoms with van der Waals surface area (Å²) >= 11 is 0. The summed E-state index contributed by atoms with van der Waals surface area (Å²) in [6, 6.07) is 6.15. The van der Waals surface area contributed by atoms with Crippen molar-refractivity contribution in [3.05, 3.63) is 30.0 Å². The van der Waals surface area contributed by atoms with E-state index in [1.165, 1.54) is 0 Å². The smallest absolute Gasteiger partial charge is 0.123 e. The quantitative estimate of drug-likeness (QED) is 0.807. The molecule has 5 heteroatoms. The van der Waals surface area contributed by atoms with Gasteiger partial charge in [0.1, 0.15) is 5.75 Å². The summed E-state index contributed by atoms with van der Waals surface area (Å²) in [4.78, 5) is 0. The first kappa shape index (κ1) is 13.5. The van der Waals surface area contributed by atoms with Crippen molar-refractivity contribution in [2.75, 3.05) is 13.7 Å². The van der Waals surface area contributed by atoms with Gasteiger partial charge in [-0.25, -0.2) is 4.68 Å². The Balaban J connectivity index is 2.27. The standard InChI is InChI=1S/C14H20N4O/c1-4-7-15-9-12-8-11(5-6-14(12)19-3)13-10-16-17-18(13)2/h5-6,8,10,15H,4,7,9H2,1-3H3. The van der Waals surface area contributed by atoms with Gasteiger partial charge < -0.3 is 10.1 Å². The van der Waals surface area contributed by atoms with E-state index in [0.717, 1.165) is 42.1 Å². The van der Waals surface area contributed by atoms with Gasteiger partial charge in [-0.2, -0.15) is 0 Å². The molecule has 1 aromatic carbocycles. The molecule has 0 saturated carbocycles. The Kier molecular flexibility index (Phi) is 4.52. The molecule has 2 aromatic rings. The second-order valence-corrected chi connectivity index (χ2v) is 4.45. The second kappa shape index (κ2) is 6.33. The number of rotatable bonds is 6. The van der Waals surface area contributed by atoms with Gasteiger partial charge in [0.25, 0.3) is 0 Å². The number of hydrogen-bond donors (Lipinski definition) is 1. The fourth-order valence-corrected chi connectivity index (χ4v) is 2.03. The lowest BCUT2D eigenvalue weighted by atomic mass is 10.1. The highest BCUT2D eigenvalue weighted by molar-refractivity contribution is 5.61. The monoisotopic (exact) mass is 260 g/mol. The van der Waals surface area contributed by atoms with Crippen molar-refractivity contribution in [1.82, 2.24) is 20.3 Å². The van der Waals surface area contributed by atoms with Crippen LogP contribution in [0.5, 0.6) is 5.75 Å². The van der Waals surface area contributed by atoms with Crippen LogP contribution >= 0.6 is 0 Å². The number of nitrogens with zero attached hydrogens (tertiary/aromatic N) is 3. The van der Waals surface area contributed by atoms with E-state index in [0.29, 0.717) is 0 Å². The molecule has 0 aliphatic carbocycles. The Labute approximate surface area is 113 Å². The molecule has 0 radical (unpaired) electrons. The van der Waals surface area contributed by atoms with Gasteiger partial charge >= 0.3 is 0 Å². The lowest BCUT2D eigenvalue weighted by Gasteiger charge is -2.11. The van der Waals surface area contributed by atoms with Crippen LogP contribution in [0.25, 0.3) is 11.3 Å². The number of methoxy groups -OCH3 is 1. The number of aromatic nitrogens is 3. The van der Waals surface area contributed by atoms with Gasteiger partial charge in [-0.15, -0.1) is 5.10 Å². The van der Waals surface area contributed by atoms with E-state index in [4.69, 9.17) is 4.74 Å². The summed E-state index contributed by atoms with van der Waals surface area (Å²) in [5.41, 5.74) is 3.25. The second-order valence-electron chi connectivity index (χ2n) is 4.45. The van der Waals surface area contributed by atoms with Crippen molar-refractivity contribution in [3.63, 3.8) is 0 Å². The van der Waals surface area contributed by atoms with Crippen LogP contribution in [0.2, 0.25) is 0 Å². The minimum atomic E-state index is 0.802.